The van der Waals surface area contributed by atoms with Crippen LogP contribution in [-0.4, -0.2) is 34.7 Å². The van der Waals surface area contributed by atoms with Crippen LogP contribution in [0.4, 0.5) is 0 Å². The Balaban J connectivity index is 1.51. The van der Waals surface area contributed by atoms with E-state index in [-0.39, 0.29) is 5.41 Å². The molecule has 1 aromatic carbocycles. The highest BCUT2D eigenvalue weighted by Gasteiger charge is 2.33. The Hall–Kier alpha value is -1.23. The summed E-state index contributed by atoms with van der Waals surface area (Å²) in [4.78, 5) is 7.26. The smallest absolute Gasteiger partial charge is 0.107 e. The van der Waals surface area contributed by atoms with E-state index in [2.05, 4.69) is 54.5 Å². The number of likely N-dealkylation sites (tertiary alicyclic amines) is 1. The average Bonchev–Trinajstić information content (AvgIpc) is 3.11. The van der Waals surface area contributed by atoms with Crippen molar-refractivity contribution in [1.29, 1.82) is 0 Å². The predicted molar refractivity (Wildman–Crippen MR) is 105 cm³/mol. The lowest BCUT2D eigenvalue weighted by Gasteiger charge is -2.40. The number of hydrogen-bond donors (Lipinski definition) is 1. The van der Waals surface area contributed by atoms with E-state index in [1.165, 1.54) is 16.3 Å². The number of aromatic nitrogens is 1. The molecule has 25 heavy (non-hydrogen) atoms. The third-order valence-corrected chi connectivity index (χ3v) is 6.41. The Morgan fingerprint density at radius 3 is 2.52 bits per heavy atom. The number of benzene rings is 1. The van der Waals surface area contributed by atoms with Gasteiger partial charge < -0.3 is 5.11 Å². The quantitative estimate of drug-likeness (QED) is 0.793. The van der Waals surface area contributed by atoms with Crippen LogP contribution in [0.15, 0.2) is 35.7 Å². The molecule has 1 aliphatic heterocycles. The molecule has 0 radical (unpaired) electrons. The molecule has 3 nitrogen and oxygen atoms in total. The maximum Gasteiger partial charge on any atom is 0.107 e. The van der Waals surface area contributed by atoms with E-state index in [1.807, 2.05) is 0 Å². The lowest BCUT2D eigenvalue weighted by atomic mass is 9.75. The van der Waals surface area contributed by atoms with Crippen molar-refractivity contribution < 1.29 is 5.11 Å². The first-order valence-corrected chi connectivity index (χ1v) is 10.3. The Morgan fingerprint density at radius 2 is 1.92 bits per heavy atom. The van der Waals surface area contributed by atoms with E-state index in [1.54, 1.807) is 11.3 Å². The minimum Gasteiger partial charge on any atom is -0.396 e. The van der Waals surface area contributed by atoms with Gasteiger partial charge in [0, 0.05) is 12.0 Å². The van der Waals surface area contributed by atoms with Crippen LogP contribution in [-0.2, 0) is 13.0 Å². The number of aliphatic hydroxyl groups is 1. The van der Waals surface area contributed by atoms with Gasteiger partial charge in [-0.15, -0.1) is 11.3 Å². The second-order valence-corrected chi connectivity index (χ2v) is 8.68. The first kappa shape index (κ1) is 18.6. The van der Waals surface area contributed by atoms with Gasteiger partial charge >= 0.3 is 0 Å². The molecule has 1 saturated heterocycles. The van der Waals surface area contributed by atoms with Crippen molar-refractivity contribution in [3.8, 4) is 0 Å². The van der Waals surface area contributed by atoms with Crippen molar-refractivity contribution in [2.75, 3.05) is 19.7 Å². The van der Waals surface area contributed by atoms with Crippen molar-refractivity contribution in [2.24, 2.45) is 5.41 Å². The molecule has 0 spiro atoms. The van der Waals surface area contributed by atoms with Crippen LogP contribution in [0.2, 0.25) is 0 Å². The van der Waals surface area contributed by atoms with Crippen LogP contribution >= 0.6 is 11.3 Å². The Bertz CT molecular complexity index is 645. The van der Waals surface area contributed by atoms with Crippen molar-refractivity contribution in [1.82, 2.24) is 9.88 Å². The minimum atomic E-state index is 0.0955. The molecule has 2 heterocycles. The Labute approximate surface area is 155 Å². The minimum absolute atomic E-state index is 0.0955. The molecular formula is C21H30N2OS. The standard InChI is InChI=1S/C21H30N2OS/c1-17(2)19-15-25-20(22-19)14-23-12-10-21(16-24,11-13-23)9-8-18-6-4-3-5-7-18/h3-7,15,17,24H,8-14,16H2,1-2H3. The second-order valence-electron chi connectivity index (χ2n) is 7.74. The molecule has 0 bridgehead atoms. The topological polar surface area (TPSA) is 36.4 Å². The number of thiazole rings is 1. The molecule has 0 atom stereocenters. The molecule has 1 N–H and O–H groups in total. The van der Waals surface area contributed by atoms with Crippen LogP contribution in [0.5, 0.6) is 0 Å². The van der Waals surface area contributed by atoms with E-state index in [4.69, 9.17) is 4.98 Å². The molecule has 136 valence electrons. The molecule has 0 amide bonds. The predicted octanol–water partition coefficient (Wildman–Crippen LogP) is 4.47. The molecule has 0 unspecified atom stereocenters. The molecule has 1 aliphatic rings. The summed E-state index contributed by atoms with van der Waals surface area (Å²) in [6.45, 7) is 7.78. The monoisotopic (exact) mass is 358 g/mol. The summed E-state index contributed by atoms with van der Waals surface area (Å²) in [5.41, 5.74) is 2.68. The number of aryl methyl sites for hydroxylation is 1. The van der Waals surface area contributed by atoms with Crippen molar-refractivity contribution in [2.45, 2.75) is 52.0 Å². The molecule has 0 aliphatic carbocycles. The number of piperidine rings is 1. The van der Waals surface area contributed by atoms with Gasteiger partial charge in [0.1, 0.15) is 5.01 Å². The van der Waals surface area contributed by atoms with Gasteiger partial charge in [-0.3, -0.25) is 4.90 Å². The van der Waals surface area contributed by atoms with Gasteiger partial charge in [-0.25, -0.2) is 4.98 Å². The lowest BCUT2D eigenvalue weighted by Crippen LogP contribution is -2.41. The second kappa shape index (κ2) is 8.43. The molecule has 2 aromatic rings. The molecule has 4 heteroatoms. The summed E-state index contributed by atoms with van der Waals surface area (Å²) < 4.78 is 0. The molecule has 3 rings (SSSR count). The first-order chi connectivity index (χ1) is 12.1. The van der Waals surface area contributed by atoms with Crippen LogP contribution < -0.4 is 0 Å². The summed E-state index contributed by atoms with van der Waals surface area (Å²) in [7, 11) is 0. The van der Waals surface area contributed by atoms with Gasteiger partial charge in [0.25, 0.3) is 0 Å². The fourth-order valence-corrected chi connectivity index (χ4v) is 4.58. The zero-order valence-electron chi connectivity index (χ0n) is 15.4. The maximum atomic E-state index is 10.0. The first-order valence-electron chi connectivity index (χ1n) is 9.42. The highest BCUT2D eigenvalue weighted by Crippen LogP contribution is 2.36. The lowest BCUT2D eigenvalue weighted by molar-refractivity contribution is 0.0346. The van der Waals surface area contributed by atoms with E-state index in [0.717, 1.165) is 45.3 Å². The van der Waals surface area contributed by atoms with E-state index < -0.39 is 0 Å². The van der Waals surface area contributed by atoms with Gasteiger partial charge in [-0.1, -0.05) is 44.2 Å². The summed E-state index contributed by atoms with van der Waals surface area (Å²) in [6.07, 6.45) is 4.30. The van der Waals surface area contributed by atoms with Gasteiger partial charge in [0.2, 0.25) is 0 Å². The zero-order chi connectivity index (χ0) is 17.7. The Morgan fingerprint density at radius 1 is 1.20 bits per heavy atom. The van der Waals surface area contributed by atoms with Gasteiger partial charge in [0.15, 0.2) is 0 Å². The van der Waals surface area contributed by atoms with Crippen LogP contribution in [0.25, 0.3) is 0 Å². The van der Waals surface area contributed by atoms with Crippen molar-refractivity contribution in [3.63, 3.8) is 0 Å². The fourth-order valence-electron chi connectivity index (χ4n) is 3.58. The summed E-state index contributed by atoms with van der Waals surface area (Å²) in [6, 6.07) is 10.6. The van der Waals surface area contributed by atoms with Gasteiger partial charge in [-0.05, 0) is 55.7 Å². The maximum absolute atomic E-state index is 10.0. The molecular weight excluding hydrogens is 328 g/mol. The van der Waals surface area contributed by atoms with Crippen LogP contribution in [0.1, 0.15) is 55.3 Å². The van der Waals surface area contributed by atoms with E-state index in [0.29, 0.717) is 12.5 Å². The summed E-state index contributed by atoms with van der Waals surface area (Å²) in [5, 5.41) is 13.5. The number of rotatable bonds is 7. The largest absolute Gasteiger partial charge is 0.396 e. The molecule has 1 aromatic heterocycles. The normalized spacial score (nSPS) is 17.9. The fraction of sp³-hybridized carbons (Fsp3) is 0.571. The highest BCUT2D eigenvalue weighted by molar-refractivity contribution is 7.09. The molecule has 1 fully saturated rings. The number of nitrogens with zero attached hydrogens (tertiary/aromatic N) is 2. The van der Waals surface area contributed by atoms with E-state index >= 15 is 0 Å². The van der Waals surface area contributed by atoms with Crippen molar-refractivity contribution in [3.05, 3.63) is 52.0 Å². The summed E-state index contributed by atoms with van der Waals surface area (Å²) >= 11 is 1.78. The average molecular weight is 359 g/mol. The third-order valence-electron chi connectivity index (χ3n) is 5.56. The van der Waals surface area contributed by atoms with Crippen molar-refractivity contribution >= 4 is 11.3 Å². The number of hydrogen-bond acceptors (Lipinski definition) is 4. The summed E-state index contributed by atoms with van der Waals surface area (Å²) in [5.74, 6) is 0.506. The van der Waals surface area contributed by atoms with E-state index in [9.17, 15) is 5.11 Å². The van der Waals surface area contributed by atoms with Gasteiger partial charge in [0.05, 0.1) is 12.2 Å². The highest BCUT2D eigenvalue weighted by atomic mass is 32.1. The SMILES string of the molecule is CC(C)c1csc(CN2CCC(CO)(CCc3ccccc3)CC2)n1. The Kier molecular flexibility index (Phi) is 6.26. The zero-order valence-corrected chi connectivity index (χ0v) is 16.3. The molecule has 0 saturated carbocycles. The van der Waals surface area contributed by atoms with Crippen LogP contribution in [0, 0.1) is 5.41 Å². The van der Waals surface area contributed by atoms with Crippen LogP contribution in [0.3, 0.4) is 0 Å². The van der Waals surface area contributed by atoms with Gasteiger partial charge in [-0.2, -0.15) is 0 Å². The number of aliphatic hydroxyl groups excluding tert-OH is 1. The third kappa shape index (κ3) is 4.90.